The van der Waals surface area contributed by atoms with Gasteiger partial charge in [0, 0.05) is 13.0 Å². The van der Waals surface area contributed by atoms with Crippen LogP contribution >= 0.6 is 0 Å². The number of hydrogen-bond donors (Lipinski definition) is 5. The van der Waals surface area contributed by atoms with Crippen LogP contribution in [-0.2, 0) is 24.0 Å². The van der Waals surface area contributed by atoms with Crippen molar-refractivity contribution in [1.29, 1.82) is 0 Å². The molecule has 0 bridgehead atoms. The third-order valence-corrected chi connectivity index (χ3v) is 5.38. The molecule has 1 heterocycles. The highest BCUT2D eigenvalue weighted by Crippen LogP contribution is 2.20. The van der Waals surface area contributed by atoms with Crippen LogP contribution in [-0.4, -0.2) is 70.3 Å². The van der Waals surface area contributed by atoms with Crippen LogP contribution in [0.1, 0.15) is 52.9 Å². The molecule has 170 valence electrons. The number of likely N-dealkylation sites (tertiary alicyclic amines) is 1. The molecule has 30 heavy (non-hydrogen) atoms. The van der Waals surface area contributed by atoms with E-state index in [-0.39, 0.29) is 18.8 Å². The van der Waals surface area contributed by atoms with Crippen molar-refractivity contribution < 1.29 is 29.1 Å². The van der Waals surface area contributed by atoms with Crippen LogP contribution in [0.25, 0.3) is 0 Å². The van der Waals surface area contributed by atoms with Gasteiger partial charge in [-0.1, -0.05) is 20.3 Å². The second-order valence-electron chi connectivity index (χ2n) is 7.74. The largest absolute Gasteiger partial charge is 0.480 e. The number of carbonyl (C=O) groups excluding carboxylic acids is 4. The van der Waals surface area contributed by atoms with Crippen LogP contribution < -0.4 is 22.1 Å². The van der Waals surface area contributed by atoms with Gasteiger partial charge in [0.25, 0.3) is 0 Å². The average molecular weight is 428 g/mol. The van der Waals surface area contributed by atoms with E-state index in [2.05, 4.69) is 10.6 Å². The number of amides is 4. The lowest BCUT2D eigenvalue weighted by molar-refractivity contribution is -0.143. The number of hydrogen-bond acceptors (Lipinski definition) is 6. The first kappa shape index (κ1) is 25.3. The van der Waals surface area contributed by atoms with Gasteiger partial charge >= 0.3 is 5.97 Å². The molecule has 0 spiro atoms. The van der Waals surface area contributed by atoms with Gasteiger partial charge in [-0.05, 0) is 32.1 Å². The second kappa shape index (κ2) is 11.5. The van der Waals surface area contributed by atoms with Crippen molar-refractivity contribution in [3.63, 3.8) is 0 Å². The van der Waals surface area contributed by atoms with Crippen molar-refractivity contribution in [3.8, 4) is 0 Å². The second-order valence-corrected chi connectivity index (χ2v) is 7.74. The topological polar surface area (TPSA) is 185 Å². The Bertz CT molecular complexity index is 670. The number of carboxylic acid groups (broad SMARTS) is 1. The molecule has 0 aromatic heterocycles. The fourth-order valence-electron chi connectivity index (χ4n) is 3.25. The monoisotopic (exact) mass is 427 g/mol. The predicted molar refractivity (Wildman–Crippen MR) is 108 cm³/mol. The summed E-state index contributed by atoms with van der Waals surface area (Å²) >= 11 is 0. The van der Waals surface area contributed by atoms with Crippen molar-refractivity contribution in [2.24, 2.45) is 17.4 Å². The Morgan fingerprint density at radius 3 is 2.33 bits per heavy atom. The number of nitrogens with one attached hydrogen (secondary N) is 2. The van der Waals surface area contributed by atoms with Gasteiger partial charge in [0.05, 0.1) is 6.04 Å². The number of rotatable bonds is 11. The molecule has 1 rings (SSSR count). The first-order valence-electron chi connectivity index (χ1n) is 10.2. The highest BCUT2D eigenvalue weighted by Gasteiger charge is 2.38. The minimum atomic E-state index is -1.19. The van der Waals surface area contributed by atoms with Crippen molar-refractivity contribution in [1.82, 2.24) is 15.5 Å². The summed E-state index contributed by atoms with van der Waals surface area (Å²) in [6.45, 7) is 5.30. The smallest absolute Gasteiger partial charge is 0.325 e. The van der Waals surface area contributed by atoms with Crippen LogP contribution in [0.2, 0.25) is 0 Å². The van der Waals surface area contributed by atoms with E-state index in [0.29, 0.717) is 25.8 Å². The van der Waals surface area contributed by atoms with Gasteiger partial charge in [-0.2, -0.15) is 0 Å². The Kier molecular flexibility index (Phi) is 9.70. The van der Waals surface area contributed by atoms with Gasteiger partial charge in [-0.3, -0.25) is 24.0 Å². The van der Waals surface area contributed by atoms with Crippen LogP contribution in [0.15, 0.2) is 0 Å². The Hall–Kier alpha value is -2.69. The summed E-state index contributed by atoms with van der Waals surface area (Å²) in [5, 5.41) is 14.0. The number of primary amides is 1. The van der Waals surface area contributed by atoms with Gasteiger partial charge in [0.15, 0.2) is 0 Å². The lowest BCUT2D eigenvalue weighted by Gasteiger charge is -2.30. The standard InChI is InChI=1S/C19H33N5O6/c1-4-10(2)15(17(27)22-11(3)19(29)30)23-16(26)13-6-5-9-24(13)18(28)12(20)7-8-14(21)25/h10-13,15H,4-9,20H2,1-3H3,(H2,21,25)(H,22,27)(H,23,26)(H,29,30). The summed E-state index contributed by atoms with van der Waals surface area (Å²) in [6, 6.07) is -3.77. The highest BCUT2D eigenvalue weighted by atomic mass is 16.4. The Balaban J connectivity index is 2.86. The van der Waals surface area contributed by atoms with E-state index in [1.807, 2.05) is 6.92 Å². The summed E-state index contributed by atoms with van der Waals surface area (Å²) in [6.07, 6.45) is 1.65. The first-order valence-corrected chi connectivity index (χ1v) is 10.2. The van der Waals surface area contributed by atoms with Gasteiger partial charge < -0.3 is 32.1 Å². The molecule has 5 atom stereocenters. The molecule has 0 aromatic carbocycles. The fourth-order valence-corrected chi connectivity index (χ4v) is 3.25. The van der Waals surface area contributed by atoms with E-state index in [4.69, 9.17) is 16.6 Å². The molecule has 5 unspecified atom stereocenters. The number of carboxylic acids is 1. The van der Waals surface area contributed by atoms with Gasteiger partial charge in [0.2, 0.25) is 23.6 Å². The Labute approximate surface area is 175 Å². The number of aliphatic carboxylic acids is 1. The van der Waals surface area contributed by atoms with Crippen LogP contribution in [0, 0.1) is 5.92 Å². The van der Waals surface area contributed by atoms with Crippen LogP contribution in [0.3, 0.4) is 0 Å². The molecule has 11 nitrogen and oxygen atoms in total. The zero-order valence-corrected chi connectivity index (χ0v) is 17.7. The van der Waals surface area contributed by atoms with Crippen molar-refractivity contribution >= 4 is 29.6 Å². The molecule has 4 amide bonds. The number of carbonyl (C=O) groups is 5. The molecule has 1 fully saturated rings. The summed E-state index contributed by atoms with van der Waals surface area (Å²) in [5.74, 6) is -3.54. The zero-order valence-electron chi connectivity index (χ0n) is 17.7. The molecule has 7 N–H and O–H groups in total. The maximum absolute atomic E-state index is 12.9. The molecule has 1 aliphatic heterocycles. The maximum Gasteiger partial charge on any atom is 0.325 e. The first-order chi connectivity index (χ1) is 14.0. The van der Waals surface area contributed by atoms with Gasteiger partial charge in [-0.15, -0.1) is 0 Å². The van der Waals surface area contributed by atoms with E-state index in [1.165, 1.54) is 11.8 Å². The fraction of sp³-hybridized carbons (Fsp3) is 0.737. The third kappa shape index (κ3) is 6.97. The SMILES string of the molecule is CCC(C)C(NC(=O)C1CCCN1C(=O)C(N)CCC(N)=O)C(=O)NC(C)C(=O)O. The minimum Gasteiger partial charge on any atom is -0.480 e. The van der Waals surface area contributed by atoms with Crippen LogP contribution in [0.4, 0.5) is 0 Å². The molecule has 0 saturated carbocycles. The third-order valence-electron chi connectivity index (χ3n) is 5.38. The normalized spacial score (nSPS) is 20.0. The minimum absolute atomic E-state index is 0.0321. The van der Waals surface area contributed by atoms with Crippen molar-refractivity contribution in [2.75, 3.05) is 6.54 Å². The lowest BCUT2D eigenvalue weighted by Crippen LogP contribution is -2.58. The van der Waals surface area contributed by atoms with Gasteiger partial charge in [-0.25, -0.2) is 0 Å². The molecule has 1 saturated heterocycles. The van der Waals surface area contributed by atoms with Crippen molar-refractivity contribution in [2.45, 2.75) is 77.0 Å². The molecule has 0 aliphatic carbocycles. The Morgan fingerprint density at radius 2 is 1.80 bits per heavy atom. The summed E-state index contributed by atoms with van der Waals surface area (Å²) in [7, 11) is 0. The van der Waals surface area contributed by atoms with E-state index < -0.39 is 53.8 Å². The summed E-state index contributed by atoms with van der Waals surface area (Å²) < 4.78 is 0. The molecule has 1 aliphatic rings. The molecule has 0 radical (unpaired) electrons. The number of nitrogens with zero attached hydrogens (tertiary/aromatic N) is 1. The molecular formula is C19H33N5O6. The maximum atomic E-state index is 12.9. The van der Waals surface area contributed by atoms with E-state index in [9.17, 15) is 24.0 Å². The van der Waals surface area contributed by atoms with E-state index in [0.717, 1.165) is 0 Å². The average Bonchev–Trinajstić information content (AvgIpc) is 3.18. The molecule has 11 heteroatoms. The van der Waals surface area contributed by atoms with Crippen LogP contribution in [0.5, 0.6) is 0 Å². The quantitative estimate of drug-likeness (QED) is 0.271. The lowest BCUT2D eigenvalue weighted by atomic mass is 9.97. The molecule has 0 aromatic rings. The summed E-state index contributed by atoms with van der Waals surface area (Å²) in [4.78, 5) is 61.4. The zero-order chi connectivity index (χ0) is 23.0. The predicted octanol–water partition coefficient (Wildman–Crippen LogP) is -1.31. The summed E-state index contributed by atoms with van der Waals surface area (Å²) in [5.41, 5.74) is 10.9. The molecular weight excluding hydrogens is 394 g/mol. The van der Waals surface area contributed by atoms with E-state index in [1.54, 1.807) is 6.92 Å². The Morgan fingerprint density at radius 1 is 1.17 bits per heavy atom. The van der Waals surface area contributed by atoms with Gasteiger partial charge in [0.1, 0.15) is 18.1 Å². The van der Waals surface area contributed by atoms with Crippen molar-refractivity contribution in [3.05, 3.63) is 0 Å². The number of nitrogens with two attached hydrogens (primary N) is 2. The van der Waals surface area contributed by atoms with E-state index >= 15 is 0 Å². The highest BCUT2D eigenvalue weighted by molar-refractivity contribution is 5.94.